The smallest absolute Gasteiger partial charge is 0.391 e. The van der Waals surface area contributed by atoms with Crippen molar-refractivity contribution >= 4 is 52.7 Å². The minimum Gasteiger partial charge on any atom is -0.457 e. The van der Waals surface area contributed by atoms with Crippen LogP contribution in [0.5, 0.6) is 11.5 Å². The van der Waals surface area contributed by atoms with Gasteiger partial charge in [0, 0.05) is 80.9 Å². The molecule has 74 heavy (non-hydrogen) atoms. The summed E-state index contributed by atoms with van der Waals surface area (Å²) in [4.78, 5) is 82.8. The van der Waals surface area contributed by atoms with Gasteiger partial charge in [0.2, 0.25) is 29.5 Å². The van der Waals surface area contributed by atoms with Crippen molar-refractivity contribution in [1.29, 1.82) is 0 Å². The summed E-state index contributed by atoms with van der Waals surface area (Å²) in [5, 5.41) is 6.03. The Kier molecular flexibility index (Phi) is 19.7. The van der Waals surface area contributed by atoms with E-state index in [2.05, 4.69) is 15.6 Å². The lowest BCUT2D eigenvalue weighted by atomic mass is 9.93. The van der Waals surface area contributed by atoms with E-state index >= 15 is 18.0 Å². The third kappa shape index (κ3) is 15.5. The number of carbonyl (C=O) groups is 5. The molecule has 5 atom stereocenters. The third-order valence-electron chi connectivity index (χ3n) is 13.1. The zero-order valence-electron chi connectivity index (χ0n) is 42.5. The largest absolute Gasteiger partial charge is 0.457 e. The van der Waals surface area contributed by atoms with Crippen molar-refractivity contribution in [3.05, 3.63) is 136 Å². The van der Waals surface area contributed by atoms with Gasteiger partial charge in [0.15, 0.2) is 0 Å². The van der Waals surface area contributed by atoms with Crippen molar-refractivity contribution in [2.45, 2.75) is 82.5 Å². The first-order valence-corrected chi connectivity index (χ1v) is 24.8. The topological polar surface area (TPSA) is 159 Å². The molecule has 0 aliphatic carbocycles. The second-order valence-electron chi connectivity index (χ2n) is 18.9. The Morgan fingerprint density at radius 2 is 1.47 bits per heavy atom. The number of carbonyl (C=O) groups excluding carboxylic acids is 5. The quantitative estimate of drug-likeness (QED) is 0.114. The van der Waals surface area contributed by atoms with Crippen LogP contribution in [-0.4, -0.2) is 137 Å². The highest BCUT2D eigenvalue weighted by molar-refractivity contribution is 6.31. The zero-order chi connectivity index (χ0) is 53.9. The number of ether oxygens (including phenoxy) is 2. The van der Waals surface area contributed by atoms with E-state index in [9.17, 15) is 19.2 Å². The molecule has 1 aliphatic heterocycles. The Balaban J connectivity index is 1.43. The van der Waals surface area contributed by atoms with E-state index in [0.717, 1.165) is 22.0 Å². The van der Waals surface area contributed by atoms with Crippen molar-refractivity contribution < 1.29 is 46.6 Å². The SMILES string of the molecule is COC[C@@H]1NC(=O)[C@H](CC(F)(F)F)N(Cc2ccc(Cl)cc2Oc2ccc(-c3cnc(CN(C)C)n3C)cc2)C(=O)C[C@@H](Cc2ccccc2)C(=O)N(C)[C@@H](C)CNC(=O)C[C@H](Cc2ccc(Cl)cc2)N(C)C1=O. The van der Waals surface area contributed by atoms with Crippen LogP contribution < -0.4 is 15.4 Å². The first kappa shape index (κ1) is 56.8. The van der Waals surface area contributed by atoms with Gasteiger partial charge in [-0.1, -0.05) is 71.7 Å². The van der Waals surface area contributed by atoms with Crippen molar-refractivity contribution in [3.8, 4) is 22.8 Å². The Bertz CT molecular complexity index is 2730. The van der Waals surface area contributed by atoms with Gasteiger partial charge in [-0.2, -0.15) is 13.2 Å². The van der Waals surface area contributed by atoms with Crippen LogP contribution in [0.4, 0.5) is 13.2 Å². The van der Waals surface area contributed by atoms with Gasteiger partial charge in [-0.15, -0.1) is 0 Å². The molecule has 2 N–H and O–H groups in total. The summed E-state index contributed by atoms with van der Waals surface area (Å²) in [5.41, 5.74) is 3.23. The lowest BCUT2D eigenvalue weighted by molar-refractivity contribution is -0.165. The number of imidazole rings is 1. The summed E-state index contributed by atoms with van der Waals surface area (Å²) in [6.07, 6.45) is -5.82. The molecule has 1 saturated heterocycles. The molecular weight excluding hydrogens is 1000 g/mol. The van der Waals surface area contributed by atoms with E-state index in [1.807, 2.05) is 42.7 Å². The molecule has 0 bridgehead atoms. The molecule has 0 unspecified atom stereocenters. The van der Waals surface area contributed by atoms with Crippen LogP contribution >= 0.6 is 23.2 Å². The van der Waals surface area contributed by atoms with Crippen LogP contribution in [0.25, 0.3) is 11.3 Å². The van der Waals surface area contributed by atoms with Crippen molar-refractivity contribution in [2.24, 2.45) is 13.0 Å². The number of aromatic nitrogens is 2. The number of hydrogen-bond acceptors (Lipinski definition) is 9. The highest BCUT2D eigenvalue weighted by Gasteiger charge is 2.43. The highest BCUT2D eigenvalue weighted by Crippen LogP contribution is 2.34. The molecule has 1 fully saturated rings. The number of alkyl halides is 3. The van der Waals surface area contributed by atoms with Gasteiger partial charge in [-0.25, -0.2) is 4.98 Å². The summed E-state index contributed by atoms with van der Waals surface area (Å²) in [5.74, 6) is -3.93. The van der Waals surface area contributed by atoms with Crippen LogP contribution in [0, 0.1) is 5.92 Å². The second-order valence-corrected chi connectivity index (χ2v) is 19.8. The average Bonchev–Trinajstić information content (AvgIpc) is 3.71. The lowest BCUT2D eigenvalue weighted by Crippen LogP contribution is -2.58. The normalized spacial score (nSPS) is 20.1. The van der Waals surface area contributed by atoms with Crippen molar-refractivity contribution in [3.63, 3.8) is 0 Å². The lowest BCUT2D eigenvalue weighted by Gasteiger charge is -2.36. The number of rotatable bonds is 14. The third-order valence-corrected chi connectivity index (χ3v) is 13.5. The van der Waals surface area contributed by atoms with Gasteiger partial charge in [0.1, 0.15) is 29.4 Å². The van der Waals surface area contributed by atoms with Crippen LogP contribution in [0.3, 0.4) is 0 Å². The Labute approximate surface area is 439 Å². The fourth-order valence-corrected chi connectivity index (χ4v) is 9.06. The summed E-state index contributed by atoms with van der Waals surface area (Å²) in [6, 6.07) is 21.7. The van der Waals surface area contributed by atoms with Gasteiger partial charge in [0.25, 0.3) is 0 Å². The molecule has 5 amide bonds. The minimum atomic E-state index is -5.04. The monoisotopic (exact) mass is 1060 g/mol. The van der Waals surface area contributed by atoms with E-state index in [0.29, 0.717) is 28.4 Å². The number of amides is 5. The van der Waals surface area contributed by atoms with Gasteiger partial charge >= 0.3 is 6.18 Å². The maximum absolute atomic E-state index is 15.2. The number of methoxy groups -OCH3 is 1. The molecule has 396 valence electrons. The molecule has 20 heteroatoms. The number of nitrogens with zero attached hydrogens (tertiary/aromatic N) is 6. The van der Waals surface area contributed by atoms with Gasteiger partial charge < -0.3 is 44.3 Å². The predicted octanol–water partition coefficient (Wildman–Crippen LogP) is 7.71. The molecular formula is C54H63Cl2F3N8O7. The molecule has 6 rings (SSSR count). The molecule has 0 radical (unpaired) electrons. The van der Waals surface area contributed by atoms with Gasteiger partial charge in [-0.05, 0) is 93.5 Å². The van der Waals surface area contributed by atoms with Crippen LogP contribution in [0.15, 0.2) is 103 Å². The van der Waals surface area contributed by atoms with Crippen LogP contribution in [-0.2, 0) is 61.7 Å². The highest BCUT2D eigenvalue weighted by atomic mass is 35.5. The summed E-state index contributed by atoms with van der Waals surface area (Å²) < 4.78 is 58.8. The Morgan fingerprint density at radius 1 is 0.811 bits per heavy atom. The number of benzene rings is 4. The maximum Gasteiger partial charge on any atom is 0.391 e. The predicted molar refractivity (Wildman–Crippen MR) is 276 cm³/mol. The van der Waals surface area contributed by atoms with Crippen LogP contribution in [0.2, 0.25) is 10.0 Å². The number of halogens is 5. The molecule has 1 aromatic heterocycles. The molecule has 0 saturated carbocycles. The van der Waals surface area contributed by atoms with Gasteiger partial charge in [-0.3, -0.25) is 24.0 Å². The number of likely N-dealkylation sites (N-methyl/N-ethyl adjacent to an activating group) is 2. The zero-order valence-corrected chi connectivity index (χ0v) is 44.0. The molecule has 5 aromatic rings. The molecule has 2 heterocycles. The van der Waals surface area contributed by atoms with Crippen LogP contribution in [0.1, 0.15) is 48.7 Å². The summed E-state index contributed by atoms with van der Waals surface area (Å²) >= 11 is 12.7. The summed E-state index contributed by atoms with van der Waals surface area (Å²) in [6.45, 7) is 1.21. The molecule has 0 spiro atoms. The number of hydrogen-bond donors (Lipinski definition) is 2. The van der Waals surface area contributed by atoms with Crippen molar-refractivity contribution in [2.75, 3.05) is 48.5 Å². The average molecular weight is 1060 g/mol. The van der Waals surface area contributed by atoms with E-state index in [1.165, 1.54) is 49.2 Å². The fraction of sp³-hybridized carbons (Fsp3) is 0.407. The minimum absolute atomic E-state index is 0.00300. The van der Waals surface area contributed by atoms with Crippen molar-refractivity contribution in [1.82, 2.24) is 39.8 Å². The fourth-order valence-electron chi connectivity index (χ4n) is 8.78. The van der Waals surface area contributed by atoms with E-state index in [-0.39, 0.29) is 42.1 Å². The van der Waals surface area contributed by atoms with Gasteiger partial charge in [0.05, 0.1) is 43.9 Å². The standard InChI is InChI=1S/C54H63Cl2F3N8O7/c1-34-29-61-49(68)27-42(24-36-13-18-40(55)19-14-36)65(5)53(72)44(33-73-7)62-51(70)45(28-54(57,58)59)67(50(69)25-39(52(71)64(34)4)23-35-11-9-8-10-12-35)31-38-15-20-41(56)26-47(38)74-43-21-16-37(17-22-43)46-30-60-48(66(46)6)32-63(2)3/h8-22,26,30,34,39,42,44-45H,23-25,27-29,31-33H2,1-7H3,(H,61,68)(H,62,70)/t34-,39+,42-,44-,45-/m0/s1. The Hall–Kier alpha value is -6.47. The maximum atomic E-state index is 15.2. The molecule has 1 aliphatic rings. The molecule has 4 aromatic carbocycles. The first-order valence-electron chi connectivity index (χ1n) is 24.1. The van der Waals surface area contributed by atoms with E-state index in [1.54, 1.807) is 79.9 Å². The van der Waals surface area contributed by atoms with E-state index < -0.39 is 91.8 Å². The second kappa shape index (κ2) is 25.7. The number of nitrogens with one attached hydrogen (secondary N) is 2. The van der Waals surface area contributed by atoms with E-state index in [4.69, 9.17) is 32.7 Å². The molecule has 15 nitrogen and oxygen atoms in total. The summed E-state index contributed by atoms with van der Waals surface area (Å²) in [7, 11) is 10.0. The first-order chi connectivity index (χ1) is 35.1. The Morgan fingerprint density at radius 3 is 2.12 bits per heavy atom.